The van der Waals surface area contributed by atoms with Crippen LogP contribution in [0.15, 0.2) is 42.5 Å². The van der Waals surface area contributed by atoms with Crippen LogP contribution in [0.2, 0.25) is 10.0 Å². The number of nitrogens with zero attached hydrogens (tertiary/aromatic N) is 1. The van der Waals surface area contributed by atoms with Crippen LogP contribution in [-0.4, -0.2) is 42.7 Å². The second-order valence-corrected chi connectivity index (χ2v) is 8.16. The summed E-state index contributed by atoms with van der Waals surface area (Å²) in [5.41, 5.74) is 1.68. The normalized spacial score (nSPS) is 11.6. The highest BCUT2D eigenvalue weighted by molar-refractivity contribution is 7.99. The summed E-state index contributed by atoms with van der Waals surface area (Å²) in [7, 11) is 3.15. The third-order valence-electron chi connectivity index (χ3n) is 4.43. The van der Waals surface area contributed by atoms with Crippen LogP contribution in [0, 0.1) is 0 Å². The van der Waals surface area contributed by atoms with Gasteiger partial charge in [0.05, 0.1) is 12.9 Å². The molecule has 1 N–H and O–H groups in total. The van der Waals surface area contributed by atoms with E-state index in [0.717, 1.165) is 11.1 Å². The van der Waals surface area contributed by atoms with Crippen LogP contribution in [-0.2, 0) is 21.9 Å². The standard InChI is InChI=1S/C21H24Cl2N2O3S/c1-14(21(27)24-2)25(11-15-6-4-7-16(10-15)28-3)20(26)13-29-12-17-18(22)8-5-9-19(17)23/h4-10,14H,11-13H2,1-3H3,(H,24,27). The van der Waals surface area contributed by atoms with E-state index in [9.17, 15) is 9.59 Å². The van der Waals surface area contributed by atoms with Gasteiger partial charge < -0.3 is 15.0 Å². The van der Waals surface area contributed by atoms with Gasteiger partial charge in [0.25, 0.3) is 0 Å². The second-order valence-electron chi connectivity index (χ2n) is 6.36. The maximum atomic E-state index is 13.0. The Kier molecular flexibility index (Phi) is 9.14. The summed E-state index contributed by atoms with van der Waals surface area (Å²) in [6, 6.07) is 12.2. The molecule has 0 spiro atoms. The van der Waals surface area contributed by atoms with Crippen LogP contribution in [0.5, 0.6) is 5.75 Å². The largest absolute Gasteiger partial charge is 0.497 e. The number of nitrogens with one attached hydrogen (secondary N) is 1. The lowest BCUT2D eigenvalue weighted by molar-refractivity contribution is -0.138. The SMILES string of the molecule is CNC(=O)C(C)N(Cc1cccc(OC)c1)C(=O)CSCc1c(Cl)cccc1Cl. The molecule has 0 aliphatic rings. The van der Waals surface area contributed by atoms with Gasteiger partial charge in [-0.15, -0.1) is 11.8 Å². The number of thioether (sulfide) groups is 1. The van der Waals surface area contributed by atoms with Crippen LogP contribution in [0.1, 0.15) is 18.1 Å². The summed E-state index contributed by atoms with van der Waals surface area (Å²) < 4.78 is 5.25. The summed E-state index contributed by atoms with van der Waals surface area (Å²) in [6.07, 6.45) is 0. The van der Waals surface area contributed by atoms with E-state index in [1.165, 1.54) is 11.8 Å². The zero-order chi connectivity index (χ0) is 21.4. The van der Waals surface area contributed by atoms with Crippen molar-refractivity contribution in [1.29, 1.82) is 0 Å². The number of halogens is 2. The van der Waals surface area contributed by atoms with E-state index < -0.39 is 6.04 Å². The summed E-state index contributed by atoms with van der Waals surface area (Å²) in [5, 5.41) is 3.75. The van der Waals surface area contributed by atoms with Gasteiger partial charge in [-0.2, -0.15) is 0 Å². The molecule has 8 heteroatoms. The predicted octanol–water partition coefficient (Wildman–Crippen LogP) is 4.40. The van der Waals surface area contributed by atoms with Gasteiger partial charge in [0, 0.05) is 29.4 Å². The molecule has 0 heterocycles. The number of hydrogen-bond donors (Lipinski definition) is 1. The van der Waals surface area contributed by atoms with Crippen molar-refractivity contribution in [2.45, 2.75) is 25.3 Å². The van der Waals surface area contributed by atoms with Crippen LogP contribution >= 0.6 is 35.0 Å². The third kappa shape index (κ3) is 6.56. The summed E-state index contributed by atoms with van der Waals surface area (Å²) in [4.78, 5) is 26.7. The summed E-state index contributed by atoms with van der Waals surface area (Å²) in [5.74, 6) is 1.04. The lowest BCUT2D eigenvalue weighted by Gasteiger charge is -2.28. The molecule has 0 fully saturated rings. The Bertz CT molecular complexity index is 843. The number of amides is 2. The molecule has 0 radical (unpaired) electrons. The van der Waals surface area contributed by atoms with Gasteiger partial charge in [0.2, 0.25) is 11.8 Å². The topological polar surface area (TPSA) is 58.6 Å². The maximum Gasteiger partial charge on any atom is 0.242 e. The lowest BCUT2D eigenvalue weighted by atomic mass is 10.1. The molecule has 1 unspecified atom stereocenters. The Morgan fingerprint density at radius 3 is 2.45 bits per heavy atom. The van der Waals surface area contributed by atoms with E-state index in [-0.39, 0.29) is 17.6 Å². The first kappa shape index (κ1) is 23.4. The molecule has 2 aromatic carbocycles. The predicted molar refractivity (Wildman–Crippen MR) is 120 cm³/mol. The van der Waals surface area contributed by atoms with Crippen molar-refractivity contribution in [2.24, 2.45) is 0 Å². The summed E-state index contributed by atoms with van der Waals surface area (Å²) >= 11 is 13.8. The van der Waals surface area contributed by atoms with Crippen molar-refractivity contribution in [1.82, 2.24) is 10.2 Å². The van der Waals surface area contributed by atoms with Crippen molar-refractivity contribution < 1.29 is 14.3 Å². The van der Waals surface area contributed by atoms with E-state index in [0.29, 0.717) is 28.1 Å². The van der Waals surface area contributed by atoms with Gasteiger partial charge in [-0.3, -0.25) is 9.59 Å². The smallest absolute Gasteiger partial charge is 0.242 e. The molecule has 5 nitrogen and oxygen atoms in total. The molecule has 0 bridgehead atoms. The molecule has 0 saturated carbocycles. The second kappa shape index (κ2) is 11.3. The van der Waals surface area contributed by atoms with Crippen molar-refractivity contribution in [3.63, 3.8) is 0 Å². The lowest BCUT2D eigenvalue weighted by Crippen LogP contribution is -2.47. The zero-order valence-electron chi connectivity index (χ0n) is 16.6. The van der Waals surface area contributed by atoms with Crippen LogP contribution in [0.4, 0.5) is 0 Å². The van der Waals surface area contributed by atoms with E-state index in [4.69, 9.17) is 27.9 Å². The van der Waals surface area contributed by atoms with Crippen LogP contribution in [0.3, 0.4) is 0 Å². The molecule has 29 heavy (non-hydrogen) atoms. The Labute approximate surface area is 185 Å². The maximum absolute atomic E-state index is 13.0. The number of methoxy groups -OCH3 is 1. The average Bonchev–Trinajstić information content (AvgIpc) is 2.73. The monoisotopic (exact) mass is 454 g/mol. The number of benzene rings is 2. The molecule has 2 rings (SSSR count). The van der Waals surface area contributed by atoms with Crippen molar-refractivity contribution >= 4 is 46.8 Å². The number of hydrogen-bond acceptors (Lipinski definition) is 4. The highest BCUT2D eigenvalue weighted by atomic mass is 35.5. The molecule has 156 valence electrons. The van der Waals surface area contributed by atoms with Crippen molar-refractivity contribution in [3.8, 4) is 5.75 Å². The Morgan fingerprint density at radius 2 is 1.83 bits per heavy atom. The van der Waals surface area contributed by atoms with Gasteiger partial charge in [0.15, 0.2) is 0 Å². The number of ether oxygens (including phenoxy) is 1. The molecule has 2 amide bonds. The summed E-state index contributed by atoms with van der Waals surface area (Å²) in [6.45, 7) is 2.02. The Hall–Kier alpha value is -1.89. The molecule has 1 atom stereocenters. The Morgan fingerprint density at radius 1 is 1.17 bits per heavy atom. The number of rotatable bonds is 9. The quantitative estimate of drug-likeness (QED) is 0.609. The fourth-order valence-electron chi connectivity index (χ4n) is 2.75. The van der Waals surface area contributed by atoms with E-state index in [1.807, 2.05) is 24.3 Å². The molecule has 0 aromatic heterocycles. The molecule has 0 saturated heterocycles. The number of carbonyl (C=O) groups is 2. The first-order valence-electron chi connectivity index (χ1n) is 9.02. The van der Waals surface area contributed by atoms with Gasteiger partial charge in [-0.05, 0) is 42.3 Å². The van der Waals surface area contributed by atoms with Crippen LogP contribution in [0.25, 0.3) is 0 Å². The van der Waals surface area contributed by atoms with E-state index >= 15 is 0 Å². The van der Waals surface area contributed by atoms with Crippen molar-refractivity contribution in [3.05, 3.63) is 63.6 Å². The Balaban J connectivity index is 2.10. The molecular weight excluding hydrogens is 431 g/mol. The molecular formula is C21H24Cl2N2O3S. The van der Waals surface area contributed by atoms with Gasteiger partial charge in [-0.1, -0.05) is 41.4 Å². The van der Waals surface area contributed by atoms with Gasteiger partial charge >= 0.3 is 0 Å². The fraction of sp³-hybridized carbons (Fsp3) is 0.333. The van der Waals surface area contributed by atoms with Crippen LogP contribution < -0.4 is 10.1 Å². The van der Waals surface area contributed by atoms with E-state index in [1.54, 1.807) is 44.2 Å². The van der Waals surface area contributed by atoms with Crippen molar-refractivity contribution in [2.75, 3.05) is 19.9 Å². The van der Waals surface area contributed by atoms with E-state index in [2.05, 4.69) is 5.32 Å². The first-order valence-corrected chi connectivity index (χ1v) is 10.9. The van der Waals surface area contributed by atoms with Gasteiger partial charge in [-0.25, -0.2) is 0 Å². The molecule has 0 aliphatic carbocycles. The number of carbonyl (C=O) groups excluding carboxylic acids is 2. The highest BCUT2D eigenvalue weighted by Gasteiger charge is 2.25. The van der Waals surface area contributed by atoms with Gasteiger partial charge in [0.1, 0.15) is 11.8 Å². The molecule has 2 aromatic rings. The minimum absolute atomic E-state index is 0.142. The molecule has 0 aliphatic heterocycles. The minimum atomic E-state index is -0.608. The average molecular weight is 455 g/mol. The minimum Gasteiger partial charge on any atom is -0.497 e. The number of likely N-dealkylation sites (N-methyl/N-ethyl adjacent to an activating group) is 1. The first-order chi connectivity index (χ1) is 13.9. The fourth-order valence-corrected chi connectivity index (χ4v) is 4.40. The zero-order valence-corrected chi connectivity index (χ0v) is 18.9. The third-order valence-corrected chi connectivity index (χ3v) is 6.09. The highest BCUT2D eigenvalue weighted by Crippen LogP contribution is 2.28.